The van der Waals surface area contributed by atoms with E-state index in [1.165, 1.54) is 11.3 Å². The van der Waals surface area contributed by atoms with Crippen LogP contribution in [0.2, 0.25) is 0 Å². The summed E-state index contributed by atoms with van der Waals surface area (Å²) in [5, 5.41) is 0. The molecule has 80 valence electrons. The number of fused-ring (bicyclic) bond motifs is 1. The molecule has 0 aliphatic rings. The Kier molecular flexibility index (Phi) is 2.97. The normalized spacial score (nSPS) is 13.1. The lowest BCUT2D eigenvalue weighted by Gasteiger charge is -1.89. The van der Waals surface area contributed by atoms with Crippen molar-refractivity contribution in [3.05, 3.63) is 18.2 Å². The average molecular weight is 244 g/mol. The second kappa shape index (κ2) is 4.24. The summed E-state index contributed by atoms with van der Waals surface area (Å²) in [6.45, 7) is -0.593. The van der Waals surface area contributed by atoms with Gasteiger partial charge >= 0.3 is 0 Å². The molecule has 0 amide bonds. The molecule has 0 aliphatic heterocycles. The average Bonchev–Trinajstić information content (AvgIpc) is 2.60. The highest BCUT2D eigenvalue weighted by molar-refractivity contribution is 7.87. The van der Waals surface area contributed by atoms with Gasteiger partial charge in [-0.1, -0.05) is 0 Å². The van der Waals surface area contributed by atoms with E-state index in [4.69, 9.17) is 5.73 Å². The number of aromatic nitrogens is 1. The first kappa shape index (κ1) is 10.5. The molecule has 0 saturated carbocycles. The maximum atomic E-state index is 12.0. The maximum Gasteiger partial charge on any atom is 0.181 e. The largest absolute Gasteiger partial charge is 0.399 e. The van der Waals surface area contributed by atoms with Crippen LogP contribution in [0.1, 0.15) is 0 Å². The molecule has 1 atom stereocenters. The summed E-state index contributed by atoms with van der Waals surface area (Å²) in [4.78, 5) is 4.17. The fraction of sp³-hybridized carbons (Fsp3) is 0.222. The van der Waals surface area contributed by atoms with Crippen LogP contribution < -0.4 is 5.73 Å². The number of anilines is 1. The Morgan fingerprint density at radius 1 is 1.53 bits per heavy atom. The molecule has 15 heavy (non-hydrogen) atoms. The maximum absolute atomic E-state index is 12.0. The van der Waals surface area contributed by atoms with E-state index in [2.05, 4.69) is 4.98 Å². The second-order valence-corrected chi connectivity index (χ2v) is 5.72. The molecule has 6 heteroatoms. The molecule has 0 bridgehead atoms. The number of benzene rings is 1. The number of alkyl halides is 1. The quantitative estimate of drug-likeness (QED) is 0.840. The van der Waals surface area contributed by atoms with Crippen LogP contribution in [0.5, 0.6) is 0 Å². The number of halogens is 1. The minimum atomic E-state index is -1.33. The molecule has 1 unspecified atom stereocenters. The smallest absolute Gasteiger partial charge is 0.181 e. The zero-order chi connectivity index (χ0) is 10.8. The Morgan fingerprint density at radius 2 is 2.33 bits per heavy atom. The van der Waals surface area contributed by atoms with E-state index < -0.39 is 17.5 Å². The van der Waals surface area contributed by atoms with E-state index in [9.17, 15) is 8.60 Å². The summed E-state index contributed by atoms with van der Waals surface area (Å²) in [6.07, 6.45) is 0. The highest BCUT2D eigenvalue weighted by atomic mass is 32.2. The van der Waals surface area contributed by atoms with Crippen molar-refractivity contribution < 1.29 is 8.60 Å². The van der Waals surface area contributed by atoms with Crippen LogP contribution in [0, 0.1) is 0 Å². The monoisotopic (exact) mass is 244 g/mol. The van der Waals surface area contributed by atoms with Gasteiger partial charge < -0.3 is 5.73 Å². The molecule has 0 spiro atoms. The number of thiazole rings is 1. The fourth-order valence-electron chi connectivity index (χ4n) is 1.17. The van der Waals surface area contributed by atoms with Gasteiger partial charge in [0.25, 0.3) is 0 Å². The van der Waals surface area contributed by atoms with Crippen molar-refractivity contribution >= 4 is 38.0 Å². The summed E-state index contributed by atoms with van der Waals surface area (Å²) < 4.78 is 24.9. The van der Waals surface area contributed by atoms with Gasteiger partial charge in [-0.25, -0.2) is 4.98 Å². The summed E-state index contributed by atoms with van der Waals surface area (Å²) >= 11 is 1.30. The van der Waals surface area contributed by atoms with Gasteiger partial charge in [-0.05, 0) is 18.2 Å². The summed E-state index contributed by atoms with van der Waals surface area (Å²) in [6, 6.07) is 5.30. The molecule has 0 radical (unpaired) electrons. The Morgan fingerprint density at radius 3 is 3.07 bits per heavy atom. The third-order valence-corrected chi connectivity index (χ3v) is 4.48. The highest BCUT2D eigenvalue weighted by Crippen LogP contribution is 2.26. The Bertz CT molecular complexity index is 512. The first-order valence-electron chi connectivity index (χ1n) is 4.31. The summed E-state index contributed by atoms with van der Waals surface area (Å²) in [5.74, 6) is 0.00923. The minimum absolute atomic E-state index is 0.00923. The molecule has 3 nitrogen and oxygen atoms in total. The third kappa shape index (κ3) is 2.15. The summed E-state index contributed by atoms with van der Waals surface area (Å²) in [7, 11) is -1.33. The van der Waals surface area contributed by atoms with Gasteiger partial charge in [0.05, 0.1) is 26.8 Å². The number of nitrogens with two attached hydrogens (primary N) is 1. The van der Waals surface area contributed by atoms with E-state index >= 15 is 0 Å². The Hall–Kier alpha value is -1.01. The van der Waals surface area contributed by atoms with Crippen LogP contribution in [-0.2, 0) is 10.8 Å². The van der Waals surface area contributed by atoms with E-state index in [1.807, 2.05) is 0 Å². The lowest BCUT2D eigenvalue weighted by molar-refractivity contribution is 0.528. The predicted molar refractivity (Wildman–Crippen MR) is 61.3 cm³/mol. The molecular formula is C9H9FN2OS2. The topological polar surface area (TPSA) is 56.0 Å². The van der Waals surface area contributed by atoms with Crippen molar-refractivity contribution in [2.75, 3.05) is 18.2 Å². The predicted octanol–water partition coefficient (Wildman–Crippen LogP) is 1.96. The molecule has 0 fully saturated rings. The van der Waals surface area contributed by atoms with E-state index in [1.54, 1.807) is 18.2 Å². The Balaban J connectivity index is 2.42. The van der Waals surface area contributed by atoms with Gasteiger partial charge in [0.2, 0.25) is 0 Å². The third-order valence-electron chi connectivity index (χ3n) is 1.85. The minimum Gasteiger partial charge on any atom is -0.399 e. The van der Waals surface area contributed by atoms with Gasteiger partial charge in [-0.2, -0.15) is 0 Å². The molecule has 2 N–H and O–H groups in total. The fourth-order valence-corrected chi connectivity index (χ4v) is 3.33. The van der Waals surface area contributed by atoms with Crippen molar-refractivity contribution in [1.29, 1.82) is 0 Å². The lowest BCUT2D eigenvalue weighted by atomic mass is 10.3. The van der Waals surface area contributed by atoms with Crippen molar-refractivity contribution in [3.8, 4) is 0 Å². The van der Waals surface area contributed by atoms with Crippen LogP contribution in [0.4, 0.5) is 10.1 Å². The first-order valence-corrected chi connectivity index (χ1v) is 6.44. The molecule has 1 aromatic carbocycles. The number of hydrogen-bond donors (Lipinski definition) is 1. The molecule has 0 saturated heterocycles. The standard InChI is InChI=1S/C9H9FN2OS2/c10-3-4-15(13)9-12-7-2-1-6(11)5-8(7)14-9/h1-2,5H,3-4,11H2. The zero-order valence-corrected chi connectivity index (χ0v) is 9.41. The van der Waals surface area contributed by atoms with E-state index in [0.29, 0.717) is 10.0 Å². The molecule has 1 aromatic heterocycles. The molecule has 0 aliphatic carbocycles. The number of nitrogen functional groups attached to an aromatic ring is 1. The Labute approximate surface area is 92.6 Å². The zero-order valence-electron chi connectivity index (χ0n) is 7.77. The van der Waals surface area contributed by atoms with Gasteiger partial charge in [-0.3, -0.25) is 8.60 Å². The van der Waals surface area contributed by atoms with E-state index in [0.717, 1.165) is 10.2 Å². The van der Waals surface area contributed by atoms with Crippen LogP contribution in [0.25, 0.3) is 10.2 Å². The van der Waals surface area contributed by atoms with Crippen molar-refractivity contribution in [3.63, 3.8) is 0 Å². The van der Waals surface area contributed by atoms with Gasteiger partial charge in [0.15, 0.2) is 4.34 Å². The SMILES string of the molecule is Nc1ccc2nc(S(=O)CCF)sc2c1. The first-order chi connectivity index (χ1) is 7.20. The van der Waals surface area contributed by atoms with Crippen LogP contribution >= 0.6 is 11.3 Å². The number of rotatable bonds is 3. The van der Waals surface area contributed by atoms with Gasteiger partial charge in [0, 0.05) is 5.69 Å². The van der Waals surface area contributed by atoms with Crippen LogP contribution in [-0.4, -0.2) is 21.6 Å². The van der Waals surface area contributed by atoms with Crippen LogP contribution in [0.15, 0.2) is 22.5 Å². The molecule has 2 aromatic rings. The molecular weight excluding hydrogens is 235 g/mol. The second-order valence-electron chi connectivity index (χ2n) is 2.95. The van der Waals surface area contributed by atoms with Gasteiger partial charge in [0.1, 0.15) is 6.67 Å². The molecule has 2 rings (SSSR count). The van der Waals surface area contributed by atoms with Crippen molar-refractivity contribution in [2.45, 2.75) is 4.34 Å². The number of nitrogens with zero attached hydrogens (tertiary/aromatic N) is 1. The number of hydrogen-bond acceptors (Lipinski definition) is 4. The van der Waals surface area contributed by atoms with Crippen molar-refractivity contribution in [2.24, 2.45) is 0 Å². The van der Waals surface area contributed by atoms with Crippen molar-refractivity contribution in [1.82, 2.24) is 4.98 Å². The molecule has 1 heterocycles. The highest BCUT2D eigenvalue weighted by Gasteiger charge is 2.10. The van der Waals surface area contributed by atoms with E-state index in [-0.39, 0.29) is 5.75 Å². The summed E-state index contributed by atoms with van der Waals surface area (Å²) in [5.41, 5.74) is 7.02. The van der Waals surface area contributed by atoms with Gasteiger partial charge in [-0.15, -0.1) is 11.3 Å². The van der Waals surface area contributed by atoms with Crippen LogP contribution in [0.3, 0.4) is 0 Å². The lowest BCUT2D eigenvalue weighted by Crippen LogP contribution is -1.98.